The average Bonchev–Trinajstić information content (AvgIpc) is 3.32. The number of aromatic hydroxyl groups is 1. The van der Waals surface area contributed by atoms with E-state index < -0.39 is 17.2 Å². The zero-order valence-electron chi connectivity index (χ0n) is 17.0. The molecule has 1 aliphatic carbocycles. The molecule has 0 amide bonds. The lowest BCUT2D eigenvalue weighted by Crippen LogP contribution is -2.29. The lowest BCUT2D eigenvalue weighted by molar-refractivity contribution is 0.100. The summed E-state index contributed by atoms with van der Waals surface area (Å²) in [6, 6.07) is 5.19. The fourth-order valence-electron chi connectivity index (χ4n) is 4.37. The van der Waals surface area contributed by atoms with Crippen LogP contribution in [-0.4, -0.2) is 15.5 Å². The van der Waals surface area contributed by atoms with Crippen molar-refractivity contribution in [2.45, 2.75) is 52.5 Å². The number of hydrogen-bond donors (Lipinski definition) is 1. The standard InChI is InChI=1S/C23H21ClN2O4/c1-11-8-18-15(9-17(11)24)13(3)21(30-18)20(27)19-12(2)16(10-25)22(28)26(23(19)29)14-6-4-5-7-14/h8-9,14,29H,4-7H2,1-3H3. The van der Waals surface area contributed by atoms with E-state index in [-0.39, 0.29) is 28.5 Å². The van der Waals surface area contributed by atoms with Crippen molar-refractivity contribution in [3.05, 3.63) is 61.1 Å². The van der Waals surface area contributed by atoms with Gasteiger partial charge in [0.1, 0.15) is 17.2 Å². The lowest BCUT2D eigenvalue weighted by Gasteiger charge is -2.19. The van der Waals surface area contributed by atoms with Crippen molar-refractivity contribution in [1.29, 1.82) is 5.26 Å². The molecule has 30 heavy (non-hydrogen) atoms. The number of rotatable bonds is 3. The number of carbonyl (C=O) groups excluding carboxylic acids is 1. The molecule has 1 aromatic carbocycles. The van der Waals surface area contributed by atoms with Crippen LogP contribution in [0, 0.1) is 32.1 Å². The van der Waals surface area contributed by atoms with Gasteiger partial charge in [-0.15, -0.1) is 0 Å². The highest BCUT2D eigenvalue weighted by molar-refractivity contribution is 6.32. The Bertz CT molecular complexity index is 1300. The maximum atomic E-state index is 13.5. The van der Waals surface area contributed by atoms with Crippen LogP contribution in [0.5, 0.6) is 5.88 Å². The number of fused-ring (bicyclic) bond motifs is 1. The summed E-state index contributed by atoms with van der Waals surface area (Å²) in [4.78, 5) is 26.3. The van der Waals surface area contributed by atoms with Crippen LogP contribution >= 0.6 is 11.6 Å². The number of ketones is 1. The van der Waals surface area contributed by atoms with Gasteiger partial charge in [0.05, 0.1) is 5.56 Å². The molecule has 2 aromatic heterocycles. The van der Waals surface area contributed by atoms with Gasteiger partial charge in [-0.25, -0.2) is 0 Å². The number of furan rings is 1. The summed E-state index contributed by atoms with van der Waals surface area (Å²) < 4.78 is 7.05. The smallest absolute Gasteiger partial charge is 0.271 e. The molecule has 154 valence electrons. The molecule has 3 aromatic rings. The molecule has 2 heterocycles. The van der Waals surface area contributed by atoms with E-state index in [1.54, 1.807) is 19.1 Å². The predicted octanol–water partition coefficient (Wildman–Crippen LogP) is 5.10. The third-order valence-electron chi connectivity index (χ3n) is 6.09. The molecule has 0 saturated heterocycles. The van der Waals surface area contributed by atoms with Crippen molar-refractivity contribution in [1.82, 2.24) is 4.57 Å². The van der Waals surface area contributed by atoms with Gasteiger partial charge in [0.25, 0.3) is 5.56 Å². The molecule has 1 N–H and O–H groups in total. The summed E-state index contributed by atoms with van der Waals surface area (Å²) in [6.07, 6.45) is 3.30. The van der Waals surface area contributed by atoms with Crippen LogP contribution in [0.2, 0.25) is 5.02 Å². The Balaban J connectivity index is 1.97. The van der Waals surface area contributed by atoms with Crippen LogP contribution in [0.3, 0.4) is 0 Å². The highest BCUT2D eigenvalue weighted by atomic mass is 35.5. The van der Waals surface area contributed by atoms with E-state index in [2.05, 4.69) is 0 Å². The minimum Gasteiger partial charge on any atom is -0.494 e. The number of pyridine rings is 1. The molecule has 0 unspecified atom stereocenters. The van der Waals surface area contributed by atoms with Crippen LogP contribution in [0.4, 0.5) is 0 Å². The molecular formula is C23H21ClN2O4. The van der Waals surface area contributed by atoms with Gasteiger partial charge < -0.3 is 9.52 Å². The second-order valence-corrected chi connectivity index (χ2v) is 8.31. The number of nitrogens with zero attached hydrogens (tertiary/aromatic N) is 2. The predicted molar refractivity (Wildman–Crippen MR) is 113 cm³/mol. The summed E-state index contributed by atoms with van der Waals surface area (Å²) in [5.74, 6) is -0.899. The molecule has 0 bridgehead atoms. The summed E-state index contributed by atoms with van der Waals surface area (Å²) in [7, 11) is 0. The van der Waals surface area contributed by atoms with Crippen molar-refractivity contribution >= 4 is 28.4 Å². The molecule has 7 heteroatoms. The van der Waals surface area contributed by atoms with Crippen LogP contribution in [0.1, 0.15) is 70.1 Å². The molecule has 1 aliphatic rings. The van der Waals surface area contributed by atoms with Crippen LogP contribution in [0.25, 0.3) is 11.0 Å². The van der Waals surface area contributed by atoms with Gasteiger partial charge in [-0.3, -0.25) is 14.2 Å². The van der Waals surface area contributed by atoms with Crippen LogP contribution in [-0.2, 0) is 0 Å². The normalized spacial score (nSPS) is 14.4. The Hall–Kier alpha value is -3.04. The minimum absolute atomic E-state index is 0.0607. The van der Waals surface area contributed by atoms with Gasteiger partial charge >= 0.3 is 0 Å². The number of aryl methyl sites for hydroxylation is 2. The first kappa shape index (κ1) is 20.2. The fourth-order valence-corrected chi connectivity index (χ4v) is 4.53. The highest BCUT2D eigenvalue weighted by Crippen LogP contribution is 2.36. The minimum atomic E-state index is -0.560. The summed E-state index contributed by atoms with van der Waals surface area (Å²) in [5, 5.41) is 21.8. The van der Waals surface area contributed by atoms with Gasteiger partial charge in [0, 0.05) is 22.0 Å². The van der Waals surface area contributed by atoms with Gasteiger partial charge in [-0.05, 0) is 56.9 Å². The zero-order valence-corrected chi connectivity index (χ0v) is 17.8. The van der Waals surface area contributed by atoms with E-state index in [9.17, 15) is 20.0 Å². The largest absolute Gasteiger partial charge is 0.494 e. The summed E-state index contributed by atoms with van der Waals surface area (Å²) >= 11 is 6.23. The number of carbonyl (C=O) groups is 1. The molecule has 0 spiro atoms. The Morgan fingerprint density at radius 3 is 2.53 bits per heavy atom. The van der Waals surface area contributed by atoms with E-state index in [1.165, 1.54) is 11.5 Å². The first-order valence-electron chi connectivity index (χ1n) is 9.88. The van der Waals surface area contributed by atoms with Crippen molar-refractivity contribution in [2.75, 3.05) is 0 Å². The second kappa shape index (κ2) is 7.33. The molecule has 0 radical (unpaired) electrons. The van der Waals surface area contributed by atoms with Crippen LogP contribution < -0.4 is 5.56 Å². The monoisotopic (exact) mass is 424 g/mol. The van der Waals surface area contributed by atoms with Crippen molar-refractivity contribution in [2.24, 2.45) is 0 Å². The SMILES string of the molecule is Cc1cc2oc(C(=O)c3c(C)c(C#N)c(=O)n(C4CCCC4)c3O)c(C)c2cc1Cl. The Morgan fingerprint density at radius 2 is 1.90 bits per heavy atom. The van der Waals surface area contributed by atoms with Gasteiger partial charge in [-0.1, -0.05) is 24.4 Å². The van der Waals surface area contributed by atoms with E-state index >= 15 is 0 Å². The van der Waals surface area contributed by atoms with E-state index in [0.29, 0.717) is 21.6 Å². The topological polar surface area (TPSA) is 96.2 Å². The zero-order chi connectivity index (χ0) is 21.7. The molecule has 0 aliphatic heterocycles. The van der Waals surface area contributed by atoms with E-state index in [0.717, 1.165) is 31.2 Å². The van der Waals surface area contributed by atoms with Crippen LogP contribution in [0.15, 0.2) is 21.3 Å². The first-order valence-corrected chi connectivity index (χ1v) is 10.3. The fraction of sp³-hybridized carbons (Fsp3) is 0.348. The maximum absolute atomic E-state index is 13.5. The number of nitriles is 1. The average molecular weight is 425 g/mol. The molecule has 6 nitrogen and oxygen atoms in total. The van der Waals surface area contributed by atoms with Gasteiger partial charge in [0.2, 0.25) is 11.7 Å². The Kier molecular flexibility index (Phi) is 4.95. The molecule has 1 fully saturated rings. The first-order chi connectivity index (χ1) is 14.3. The van der Waals surface area contributed by atoms with Crippen molar-refractivity contribution in [3.8, 4) is 11.9 Å². The van der Waals surface area contributed by atoms with Gasteiger partial charge in [0.15, 0.2) is 5.76 Å². The quantitative estimate of drug-likeness (QED) is 0.590. The number of halogens is 1. The summed E-state index contributed by atoms with van der Waals surface area (Å²) in [6.45, 7) is 5.09. The van der Waals surface area contributed by atoms with E-state index in [1.807, 2.05) is 13.0 Å². The number of aromatic nitrogens is 1. The lowest BCUT2D eigenvalue weighted by atomic mass is 9.98. The van der Waals surface area contributed by atoms with Crippen molar-refractivity contribution in [3.63, 3.8) is 0 Å². The second-order valence-electron chi connectivity index (χ2n) is 7.91. The molecule has 4 rings (SSSR count). The molecular weight excluding hydrogens is 404 g/mol. The number of benzene rings is 1. The van der Waals surface area contributed by atoms with E-state index in [4.69, 9.17) is 16.0 Å². The van der Waals surface area contributed by atoms with Gasteiger partial charge in [-0.2, -0.15) is 5.26 Å². The Labute approximate surface area is 178 Å². The highest BCUT2D eigenvalue weighted by Gasteiger charge is 2.31. The number of hydrogen-bond acceptors (Lipinski definition) is 5. The van der Waals surface area contributed by atoms with Crippen molar-refractivity contribution < 1.29 is 14.3 Å². The molecule has 1 saturated carbocycles. The third kappa shape index (κ3) is 2.93. The molecule has 0 atom stereocenters. The maximum Gasteiger partial charge on any atom is 0.271 e. The Morgan fingerprint density at radius 1 is 1.23 bits per heavy atom. The summed E-state index contributed by atoms with van der Waals surface area (Å²) in [5.41, 5.74) is 1.33. The third-order valence-corrected chi connectivity index (χ3v) is 6.49.